The predicted molar refractivity (Wildman–Crippen MR) is 81.1 cm³/mol. The van der Waals surface area contributed by atoms with E-state index in [4.69, 9.17) is 30.4 Å². The summed E-state index contributed by atoms with van der Waals surface area (Å²) in [6.45, 7) is 0.101. The van der Waals surface area contributed by atoms with Crippen LogP contribution < -0.4 is 20.9 Å². The fourth-order valence-electron chi connectivity index (χ4n) is 2.69. The molecule has 2 aromatic rings. The lowest BCUT2D eigenvalue weighted by molar-refractivity contribution is 0.00548. The first-order valence-electron chi connectivity index (χ1n) is 7.03. The van der Waals surface area contributed by atoms with Crippen molar-refractivity contribution in [2.75, 3.05) is 6.79 Å². The van der Waals surface area contributed by atoms with Crippen LogP contribution in [0.2, 0.25) is 0 Å². The summed E-state index contributed by atoms with van der Waals surface area (Å²) >= 11 is 0. The average molecular weight is 328 g/mol. The van der Waals surface area contributed by atoms with Gasteiger partial charge < -0.3 is 30.4 Å². The largest absolute Gasteiger partial charge is 0.461 e. The molecule has 0 aromatic heterocycles. The molecule has 8 heteroatoms. The summed E-state index contributed by atoms with van der Waals surface area (Å²) in [7, 11) is 0. The van der Waals surface area contributed by atoms with Gasteiger partial charge in [-0.05, 0) is 23.6 Å². The van der Waals surface area contributed by atoms with Crippen LogP contribution in [0.3, 0.4) is 0 Å². The number of hydrogen-bond acceptors (Lipinski definition) is 6. The van der Waals surface area contributed by atoms with Crippen LogP contribution in [0, 0.1) is 0 Å². The van der Waals surface area contributed by atoms with Crippen LogP contribution >= 0.6 is 0 Å². The van der Waals surface area contributed by atoms with Crippen LogP contribution in [0.5, 0.6) is 11.5 Å². The first-order valence-corrected chi connectivity index (χ1v) is 7.03. The Labute approximate surface area is 135 Å². The minimum atomic E-state index is -0.777. The molecule has 4 N–H and O–H groups in total. The fraction of sp³-hybridized carbons (Fsp3) is 0.125. The highest BCUT2D eigenvalue weighted by atomic mass is 16.8. The SMILES string of the molecule is NC(=O)c1cc2ccc3c(c2cc1C(N)=O)OC(C1=COCO1)O3. The highest BCUT2D eigenvalue weighted by molar-refractivity contribution is 6.10. The van der Waals surface area contributed by atoms with E-state index in [0.29, 0.717) is 28.0 Å². The molecule has 2 aromatic carbocycles. The smallest absolute Gasteiger partial charge is 0.303 e. The number of amides is 2. The summed E-state index contributed by atoms with van der Waals surface area (Å²) in [6, 6.07) is 6.41. The van der Waals surface area contributed by atoms with Gasteiger partial charge in [0, 0.05) is 5.39 Å². The van der Waals surface area contributed by atoms with E-state index in [-0.39, 0.29) is 17.9 Å². The van der Waals surface area contributed by atoms with E-state index in [1.165, 1.54) is 18.4 Å². The molecule has 2 aliphatic heterocycles. The standard InChI is InChI=1S/C16H12N2O6/c17-14(19)9-3-7-1-2-11-13(8(7)4-10(9)15(18)20)24-16(23-11)12-5-21-6-22-12/h1-5,16H,6H2,(H2,17,19)(H2,18,20). The number of benzene rings is 2. The minimum Gasteiger partial charge on any atom is -0.461 e. The molecule has 0 aliphatic carbocycles. The van der Waals surface area contributed by atoms with Gasteiger partial charge in [-0.1, -0.05) is 6.07 Å². The topological polar surface area (TPSA) is 123 Å². The Morgan fingerprint density at radius 1 is 1.04 bits per heavy atom. The van der Waals surface area contributed by atoms with Crippen molar-refractivity contribution in [2.45, 2.75) is 6.29 Å². The first kappa shape index (κ1) is 14.2. The zero-order valence-corrected chi connectivity index (χ0v) is 12.3. The quantitative estimate of drug-likeness (QED) is 0.866. The molecule has 1 atom stereocenters. The average Bonchev–Trinajstić information content (AvgIpc) is 3.22. The van der Waals surface area contributed by atoms with E-state index in [1.807, 2.05) is 0 Å². The Bertz CT molecular complexity index is 920. The maximum Gasteiger partial charge on any atom is 0.303 e. The van der Waals surface area contributed by atoms with Crippen molar-refractivity contribution in [3.05, 3.63) is 47.4 Å². The van der Waals surface area contributed by atoms with Crippen molar-refractivity contribution < 1.29 is 28.5 Å². The normalized spacial score (nSPS) is 18.0. The molecule has 0 bridgehead atoms. The molecule has 4 rings (SSSR count). The lowest BCUT2D eigenvalue weighted by Crippen LogP contribution is -2.21. The van der Waals surface area contributed by atoms with Gasteiger partial charge in [-0.3, -0.25) is 9.59 Å². The van der Waals surface area contributed by atoms with Crippen LogP contribution in [0.15, 0.2) is 36.3 Å². The Kier molecular flexibility index (Phi) is 2.99. The number of primary amides is 2. The van der Waals surface area contributed by atoms with Crippen LogP contribution in [-0.2, 0) is 9.47 Å². The van der Waals surface area contributed by atoms with Crippen molar-refractivity contribution in [3.8, 4) is 11.5 Å². The summed E-state index contributed by atoms with van der Waals surface area (Å²) in [5, 5.41) is 1.24. The third kappa shape index (κ3) is 2.08. The molecule has 2 heterocycles. The Morgan fingerprint density at radius 3 is 2.46 bits per heavy atom. The van der Waals surface area contributed by atoms with Gasteiger partial charge in [0.25, 0.3) is 0 Å². The van der Waals surface area contributed by atoms with Crippen molar-refractivity contribution >= 4 is 22.6 Å². The maximum atomic E-state index is 11.6. The zero-order chi connectivity index (χ0) is 16.8. The van der Waals surface area contributed by atoms with E-state index in [1.54, 1.807) is 12.1 Å². The number of carbonyl (C=O) groups is 2. The first-order chi connectivity index (χ1) is 11.5. The minimum absolute atomic E-state index is 0.0233. The number of fused-ring (bicyclic) bond motifs is 3. The molecule has 2 aliphatic rings. The van der Waals surface area contributed by atoms with E-state index in [2.05, 4.69) is 0 Å². The summed E-state index contributed by atoms with van der Waals surface area (Å²) in [5.41, 5.74) is 10.8. The van der Waals surface area contributed by atoms with E-state index >= 15 is 0 Å². The molecule has 8 nitrogen and oxygen atoms in total. The lowest BCUT2D eigenvalue weighted by atomic mass is 9.99. The second-order valence-corrected chi connectivity index (χ2v) is 5.26. The lowest BCUT2D eigenvalue weighted by Gasteiger charge is -2.10. The Balaban J connectivity index is 1.85. The van der Waals surface area contributed by atoms with Crippen LogP contribution in [-0.4, -0.2) is 24.9 Å². The number of hydrogen-bond donors (Lipinski definition) is 2. The van der Waals surface area contributed by atoms with Gasteiger partial charge >= 0.3 is 6.29 Å². The monoisotopic (exact) mass is 328 g/mol. The number of rotatable bonds is 3. The van der Waals surface area contributed by atoms with Crippen LogP contribution in [0.1, 0.15) is 20.7 Å². The fourth-order valence-corrected chi connectivity index (χ4v) is 2.69. The summed E-state index contributed by atoms with van der Waals surface area (Å²) in [5.74, 6) is -0.182. The van der Waals surface area contributed by atoms with Crippen LogP contribution in [0.4, 0.5) is 0 Å². The third-order valence-electron chi connectivity index (χ3n) is 3.79. The predicted octanol–water partition coefficient (Wildman–Crippen LogP) is 0.981. The Morgan fingerprint density at radius 2 is 1.79 bits per heavy atom. The molecule has 122 valence electrons. The molecule has 24 heavy (non-hydrogen) atoms. The van der Waals surface area contributed by atoms with Gasteiger partial charge in [-0.15, -0.1) is 0 Å². The molecule has 0 saturated heterocycles. The molecular formula is C16H12N2O6. The highest BCUT2D eigenvalue weighted by Crippen LogP contribution is 2.43. The third-order valence-corrected chi connectivity index (χ3v) is 3.79. The van der Waals surface area contributed by atoms with Gasteiger partial charge in [0.1, 0.15) is 6.26 Å². The molecular weight excluding hydrogens is 316 g/mol. The summed E-state index contributed by atoms with van der Waals surface area (Å²) in [6.07, 6.45) is 0.639. The second kappa shape index (κ2) is 5.05. The molecule has 1 unspecified atom stereocenters. The Hall–Kier alpha value is -3.42. The number of carbonyl (C=O) groups excluding carboxylic acids is 2. The second-order valence-electron chi connectivity index (χ2n) is 5.26. The van der Waals surface area contributed by atoms with E-state index < -0.39 is 18.1 Å². The summed E-state index contributed by atoms with van der Waals surface area (Å²) < 4.78 is 21.7. The van der Waals surface area contributed by atoms with Crippen LogP contribution in [0.25, 0.3) is 10.8 Å². The number of ether oxygens (including phenoxy) is 4. The van der Waals surface area contributed by atoms with Crippen molar-refractivity contribution in [1.82, 2.24) is 0 Å². The van der Waals surface area contributed by atoms with Gasteiger partial charge in [-0.2, -0.15) is 0 Å². The van der Waals surface area contributed by atoms with Gasteiger partial charge in [-0.25, -0.2) is 0 Å². The van der Waals surface area contributed by atoms with Crippen molar-refractivity contribution in [2.24, 2.45) is 11.5 Å². The molecule has 2 amide bonds. The van der Waals surface area contributed by atoms with Gasteiger partial charge in [0.2, 0.25) is 24.4 Å². The van der Waals surface area contributed by atoms with E-state index in [0.717, 1.165) is 0 Å². The highest BCUT2D eigenvalue weighted by Gasteiger charge is 2.33. The maximum absolute atomic E-state index is 11.6. The number of nitrogens with two attached hydrogens (primary N) is 2. The summed E-state index contributed by atoms with van der Waals surface area (Å²) in [4.78, 5) is 23.2. The zero-order valence-electron chi connectivity index (χ0n) is 12.3. The molecule has 0 saturated carbocycles. The van der Waals surface area contributed by atoms with Crippen molar-refractivity contribution in [1.29, 1.82) is 0 Å². The van der Waals surface area contributed by atoms with E-state index in [9.17, 15) is 9.59 Å². The van der Waals surface area contributed by atoms with Gasteiger partial charge in [0.15, 0.2) is 11.5 Å². The molecule has 0 spiro atoms. The molecule has 0 radical (unpaired) electrons. The van der Waals surface area contributed by atoms with Gasteiger partial charge in [0.05, 0.1) is 11.1 Å². The molecule has 0 fully saturated rings. The van der Waals surface area contributed by atoms with Crippen molar-refractivity contribution in [3.63, 3.8) is 0 Å².